The number of aryl methyl sites for hydroxylation is 1. The van der Waals surface area contributed by atoms with Crippen LogP contribution in [0.4, 0.5) is 0 Å². The zero-order valence-corrected chi connectivity index (χ0v) is 13.1. The summed E-state index contributed by atoms with van der Waals surface area (Å²) >= 11 is 0. The molecule has 1 aliphatic carbocycles. The highest BCUT2D eigenvalue weighted by molar-refractivity contribution is 5.79. The number of likely N-dealkylation sites (N-methyl/N-ethyl adjacent to an activating group) is 1. The number of rotatable bonds is 5. The first kappa shape index (κ1) is 14.5. The third kappa shape index (κ3) is 2.56. The summed E-state index contributed by atoms with van der Waals surface area (Å²) in [5, 5.41) is 4.82. The van der Waals surface area contributed by atoms with E-state index in [9.17, 15) is 0 Å². The van der Waals surface area contributed by atoms with Gasteiger partial charge in [-0.3, -0.25) is 4.98 Å². The van der Waals surface area contributed by atoms with Gasteiger partial charge in [-0.05, 0) is 56.5 Å². The van der Waals surface area contributed by atoms with Gasteiger partial charge in [0.1, 0.15) is 0 Å². The van der Waals surface area contributed by atoms with Crippen molar-refractivity contribution in [2.45, 2.75) is 44.8 Å². The van der Waals surface area contributed by atoms with Crippen LogP contribution in [-0.2, 0) is 4.74 Å². The van der Waals surface area contributed by atoms with Crippen LogP contribution in [0, 0.1) is 6.92 Å². The second-order valence-corrected chi connectivity index (χ2v) is 6.02. The Hall–Kier alpha value is -1.45. The molecule has 1 unspecified atom stereocenters. The van der Waals surface area contributed by atoms with E-state index in [0.717, 1.165) is 30.6 Å². The molecule has 3 rings (SSSR count). The molecule has 0 amide bonds. The molecule has 1 N–H and O–H groups in total. The average Bonchev–Trinajstić information content (AvgIpc) is 2.45. The van der Waals surface area contributed by atoms with Crippen LogP contribution in [0.25, 0.3) is 10.9 Å². The van der Waals surface area contributed by atoms with Crippen LogP contribution in [-0.4, -0.2) is 24.2 Å². The molecule has 1 aromatic heterocycles. The number of aromatic nitrogens is 1. The lowest BCUT2D eigenvalue weighted by atomic mass is 9.72. The Labute approximate surface area is 126 Å². The van der Waals surface area contributed by atoms with Crippen LogP contribution < -0.4 is 5.32 Å². The van der Waals surface area contributed by atoms with Gasteiger partial charge in [0.15, 0.2) is 0 Å². The molecule has 0 saturated heterocycles. The Morgan fingerprint density at radius 2 is 2.10 bits per heavy atom. The summed E-state index contributed by atoms with van der Waals surface area (Å²) in [7, 11) is 1.84. The molecule has 3 heteroatoms. The quantitative estimate of drug-likeness (QED) is 0.907. The van der Waals surface area contributed by atoms with Gasteiger partial charge in [0.05, 0.1) is 17.2 Å². The number of pyridine rings is 1. The fourth-order valence-corrected chi connectivity index (χ4v) is 3.37. The number of hydrogen-bond acceptors (Lipinski definition) is 3. The first-order valence-corrected chi connectivity index (χ1v) is 7.84. The van der Waals surface area contributed by atoms with Gasteiger partial charge in [-0.25, -0.2) is 0 Å². The van der Waals surface area contributed by atoms with E-state index in [2.05, 4.69) is 47.6 Å². The molecular weight excluding hydrogens is 260 g/mol. The van der Waals surface area contributed by atoms with Crippen molar-refractivity contribution in [2.24, 2.45) is 0 Å². The monoisotopic (exact) mass is 284 g/mol. The topological polar surface area (TPSA) is 34.2 Å². The van der Waals surface area contributed by atoms with Crippen LogP contribution in [0.15, 0.2) is 30.3 Å². The molecule has 1 heterocycles. The van der Waals surface area contributed by atoms with Gasteiger partial charge in [0, 0.05) is 18.2 Å². The van der Waals surface area contributed by atoms with Gasteiger partial charge >= 0.3 is 0 Å². The van der Waals surface area contributed by atoms with Crippen LogP contribution in [0.1, 0.15) is 43.5 Å². The predicted octanol–water partition coefficient (Wildman–Crippen LogP) is 3.76. The van der Waals surface area contributed by atoms with Gasteiger partial charge in [0.25, 0.3) is 0 Å². The van der Waals surface area contributed by atoms with Crippen molar-refractivity contribution in [3.05, 3.63) is 41.6 Å². The summed E-state index contributed by atoms with van der Waals surface area (Å²) in [4.78, 5) is 4.59. The van der Waals surface area contributed by atoms with E-state index in [1.165, 1.54) is 17.4 Å². The summed E-state index contributed by atoms with van der Waals surface area (Å²) in [6.07, 6.45) is 3.51. The third-order valence-electron chi connectivity index (χ3n) is 4.73. The van der Waals surface area contributed by atoms with Gasteiger partial charge in [-0.2, -0.15) is 0 Å². The van der Waals surface area contributed by atoms with Crippen LogP contribution >= 0.6 is 0 Å². The van der Waals surface area contributed by atoms with E-state index in [-0.39, 0.29) is 11.6 Å². The maximum atomic E-state index is 5.90. The van der Waals surface area contributed by atoms with Crippen LogP contribution in [0.2, 0.25) is 0 Å². The third-order valence-corrected chi connectivity index (χ3v) is 4.73. The molecule has 1 fully saturated rings. The zero-order chi connectivity index (χ0) is 14.9. The first-order chi connectivity index (χ1) is 10.2. The number of hydrogen-bond donors (Lipinski definition) is 1. The Kier molecular flexibility index (Phi) is 3.96. The summed E-state index contributed by atoms with van der Waals surface area (Å²) < 4.78 is 5.90. The van der Waals surface area contributed by atoms with Gasteiger partial charge in [0.2, 0.25) is 0 Å². The Balaban J connectivity index is 2.01. The van der Waals surface area contributed by atoms with Crippen molar-refractivity contribution in [1.82, 2.24) is 10.3 Å². The van der Waals surface area contributed by atoms with Crippen molar-refractivity contribution < 1.29 is 4.74 Å². The zero-order valence-electron chi connectivity index (χ0n) is 13.1. The molecule has 1 atom stereocenters. The average molecular weight is 284 g/mol. The lowest BCUT2D eigenvalue weighted by Gasteiger charge is -2.47. The normalized spacial score (nSPS) is 18.4. The highest BCUT2D eigenvalue weighted by Crippen LogP contribution is 2.45. The van der Waals surface area contributed by atoms with Crippen molar-refractivity contribution in [2.75, 3.05) is 13.7 Å². The number of nitrogens with one attached hydrogen (secondary N) is 1. The van der Waals surface area contributed by atoms with Crippen molar-refractivity contribution >= 4 is 10.9 Å². The standard InChI is InChI=1S/C18H24N2O/c1-4-19-17(18(21-3)10-5-11-18)15-8-9-16-14(12-15)7-6-13(2)20-16/h6-9,12,17,19H,4-5,10-11H2,1-3H3. The number of methoxy groups -OCH3 is 1. The summed E-state index contributed by atoms with van der Waals surface area (Å²) in [6, 6.07) is 11.1. The van der Waals surface area contributed by atoms with E-state index in [4.69, 9.17) is 4.74 Å². The maximum Gasteiger partial charge on any atom is 0.0872 e. The highest BCUT2D eigenvalue weighted by atomic mass is 16.5. The summed E-state index contributed by atoms with van der Waals surface area (Å²) in [5.41, 5.74) is 3.39. The summed E-state index contributed by atoms with van der Waals surface area (Å²) in [5.74, 6) is 0. The van der Waals surface area contributed by atoms with E-state index < -0.39 is 0 Å². The molecule has 112 valence electrons. The van der Waals surface area contributed by atoms with Crippen molar-refractivity contribution in [3.8, 4) is 0 Å². The molecule has 0 aliphatic heterocycles. The minimum absolute atomic E-state index is 0.0399. The predicted molar refractivity (Wildman–Crippen MR) is 86.5 cm³/mol. The van der Waals surface area contributed by atoms with Crippen molar-refractivity contribution in [3.63, 3.8) is 0 Å². The molecule has 0 bridgehead atoms. The Bertz CT molecular complexity index is 629. The smallest absolute Gasteiger partial charge is 0.0872 e. The second-order valence-electron chi connectivity index (χ2n) is 6.02. The second kappa shape index (κ2) is 5.74. The summed E-state index contributed by atoms with van der Waals surface area (Å²) in [6.45, 7) is 5.13. The Morgan fingerprint density at radius 1 is 1.29 bits per heavy atom. The molecule has 1 aromatic carbocycles. The largest absolute Gasteiger partial charge is 0.376 e. The van der Waals surface area contributed by atoms with Gasteiger partial charge < -0.3 is 10.1 Å². The molecule has 1 aliphatic rings. The minimum atomic E-state index is -0.0399. The molecule has 21 heavy (non-hydrogen) atoms. The number of fused-ring (bicyclic) bond motifs is 1. The van der Waals surface area contributed by atoms with Crippen LogP contribution in [0.5, 0.6) is 0 Å². The molecular formula is C18H24N2O. The lowest BCUT2D eigenvalue weighted by molar-refractivity contribution is -0.0994. The fraction of sp³-hybridized carbons (Fsp3) is 0.500. The van der Waals surface area contributed by atoms with Crippen molar-refractivity contribution in [1.29, 1.82) is 0 Å². The molecule has 2 aromatic rings. The Morgan fingerprint density at radius 3 is 2.71 bits per heavy atom. The number of benzene rings is 1. The SMILES string of the molecule is CCNC(c1ccc2nc(C)ccc2c1)C1(OC)CCC1. The van der Waals surface area contributed by atoms with E-state index in [1.54, 1.807) is 0 Å². The first-order valence-electron chi connectivity index (χ1n) is 7.84. The molecule has 3 nitrogen and oxygen atoms in total. The van der Waals surface area contributed by atoms with E-state index >= 15 is 0 Å². The maximum absolute atomic E-state index is 5.90. The van der Waals surface area contributed by atoms with Crippen LogP contribution in [0.3, 0.4) is 0 Å². The molecule has 0 spiro atoms. The molecule has 0 radical (unpaired) electrons. The fourth-order valence-electron chi connectivity index (χ4n) is 3.37. The highest BCUT2D eigenvalue weighted by Gasteiger charge is 2.44. The molecule has 1 saturated carbocycles. The minimum Gasteiger partial charge on any atom is -0.376 e. The van der Waals surface area contributed by atoms with Gasteiger partial charge in [-0.15, -0.1) is 0 Å². The van der Waals surface area contributed by atoms with Gasteiger partial charge in [-0.1, -0.05) is 19.1 Å². The van der Waals surface area contributed by atoms with E-state index in [1.807, 2.05) is 14.0 Å². The lowest BCUT2D eigenvalue weighted by Crippen LogP contribution is -2.50. The van der Waals surface area contributed by atoms with E-state index in [0.29, 0.717) is 0 Å². The number of nitrogens with zero attached hydrogens (tertiary/aromatic N) is 1. The number of ether oxygens (including phenoxy) is 1.